The first kappa shape index (κ1) is 24.0. The second kappa shape index (κ2) is 8.45. The molecule has 12 heteroatoms. The van der Waals surface area contributed by atoms with Crippen molar-refractivity contribution in [3.8, 4) is 5.69 Å². The van der Waals surface area contributed by atoms with Gasteiger partial charge in [-0.25, -0.2) is 14.8 Å². The Morgan fingerprint density at radius 1 is 1.14 bits per heavy atom. The lowest BCUT2D eigenvalue weighted by atomic mass is 9.55. The van der Waals surface area contributed by atoms with E-state index in [1.807, 2.05) is 29.9 Å². The Balaban J connectivity index is 1.42. The molecule has 2 aromatic heterocycles. The fraction of sp³-hybridized carbons (Fsp3) is 0.391. The minimum absolute atomic E-state index is 0.0159. The molecular weight excluding hydrogens is 483 g/mol. The maximum atomic E-state index is 13.2. The molecule has 1 aromatic carbocycles. The lowest BCUT2D eigenvalue weighted by molar-refractivity contribution is 0.221. The molecule has 1 saturated heterocycles. The Hall–Kier alpha value is -2.71. The SMILES string of the molecule is BC1(B)C(C(C)C)N(c2ccnc(NC3(c4cn(-c5cc(Cl)cc(Cl)c5)cn4)CC3)n2)C(=O)N1C. The number of imidazole rings is 1. The number of anilines is 2. The van der Waals surface area contributed by atoms with Crippen molar-refractivity contribution in [2.75, 3.05) is 17.3 Å². The van der Waals surface area contributed by atoms with Gasteiger partial charge in [0.05, 0.1) is 23.6 Å². The summed E-state index contributed by atoms with van der Waals surface area (Å²) >= 11 is 12.3. The van der Waals surface area contributed by atoms with Gasteiger partial charge in [0, 0.05) is 40.5 Å². The van der Waals surface area contributed by atoms with Crippen molar-refractivity contribution in [3.05, 3.63) is 58.7 Å². The van der Waals surface area contributed by atoms with Crippen molar-refractivity contribution in [2.45, 2.75) is 43.6 Å². The number of nitrogens with one attached hydrogen (secondary N) is 1. The topological polar surface area (TPSA) is 79.2 Å². The molecule has 0 bridgehead atoms. The Labute approximate surface area is 216 Å². The quantitative estimate of drug-likeness (QED) is 0.517. The highest BCUT2D eigenvalue weighted by molar-refractivity contribution is 6.43. The zero-order valence-electron chi connectivity index (χ0n) is 20.5. The summed E-state index contributed by atoms with van der Waals surface area (Å²) in [4.78, 5) is 30.7. The van der Waals surface area contributed by atoms with Gasteiger partial charge in [0.1, 0.15) is 21.5 Å². The third kappa shape index (κ3) is 4.16. The largest absolute Gasteiger partial charge is 0.343 e. The van der Waals surface area contributed by atoms with E-state index in [0.29, 0.717) is 21.8 Å². The van der Waals surface area contributed by atoms with Crippen molar-refractivity contribution in [1.29, 1.82) is 0 Å². The molecule has 1 atom stereocenters. The number of likely N-dealkylation sites (N-methyl/N-ethyl adjacent to an activating group) is 1. The normalized spacial score (nSPS) is 20.5. The summed E-state index contributed by atoms with van der Waals surface area (Å²) in [6.45, 7) is 4.27. The summed E-state index contributed by atoms with van der Waals surface area (Å²) < 4.78 is 1.90. The third-order valence-electron chi connectivity index (χ3n) is 7.20. The molecule has 1 N–H and O–H groups in total. The van der Waals surface area contributed by atoms with Crippen LogP contribution in [0.2, 0.25) is 10.0 Å². The van der Waals surface area contributed by atoms with Gasteiger partial charge in [-0.15, -0.1) is 0 Å². The molecule has 2 amide bonds. The maximum absolute atomic E-state index is 13.2. The molecule has 0 radical (unpaired) electrons. The van der Waals surface area contributed by atoms with Crippen LogP contribution >= 0.6 is 23.2 Å². The van der Waals surface area contributed by atoms with Gasteiger partial charge in [-0.1, -0.05) is 37.0 Å². The summed E-state index contributed by atoms with van der Waals surface area (Å²) in [5.74, 6) is 1.32. The Bertz CT molecular complexity index is 1270. The second-order valence-electron chi connectivity index (χ2n) is 10.3. The fourth-order valence-electron chi connectivity index (χ4n) is 5.12. The van der Waals surface area contributed by atoms with E-state index in [2.05, 4.69) is 44.8 Å². The molecule has 3 aromatic rings. The van der Waals surface area contributed by atoms with Crippen LogP contribution in [0.4, 0.5) is 16.6 Å². The van der Waals surface area contributed by atoms with E-state index in [1.165, 1.54) is 0 Å². The van der Waals surface area contributed by atoms with E-state index >= 15 is 0 Å². The van der Waals surface area contributed by atoms with Crippen molar-refractivity contribution in [3.63, 3.8) is 0 Å². The van der Waals surface area contributed by atoms with Gasteiger partial charge < -0.3 is 14.8 Å². The summed E-state index contributed by atoms with van der Waals surface area (Å²) in [5.41, 5.74) is 1.38. The van der Waals surface area contributed by atoms with Gasteiger partial charge in [0.15, 0.2) is 0 Å². The molecule has 1 saturated carbocycles. The number of hydrogen-bond donors (Lipinski definition) is 1. The number of rotatable bonds is 6. The summed E-state index contributed by atoms with van der Waals surface area (Å²) in [6.07, 6.45) is 7.23. The van der Waals surface area contributed by atoms with E-state index in [4.69, 9.17) is 28.2 Å². The lowest BCUT2D eigenvalue weighted by Gasteiger charge is -2.36. The monoisotopic (exact) mass is 509 g/mol. The Kier molecular flexibility index (Phi) is 5.79. The molecule has 5 rings (SSSR count). The van der Waals surface area contributed by atoms with Gasteiger partial charge in [-0.2, -0.15) is 4.98 Å². The molecule has 8 nitrogen and oxygen atoms in total. The first-order valence-corrected chi connectivity index (χ1v) is 12.5. The third-order valence-corrected chi connectivity index (χ3v) is 7.63. The highest BCUT2D eigenvalue weighted by Gasteiger charge is 2.52. The van der Waals surface area contributed by atoms with E-state index < -0.39 is 0 Å². The minimum Gasteiger partial charge on any atom is -0.343 e. The number of carbonyl (C=O) groups is 1. The van der Waals surface area contributed by atoms with Crippen LogP contribution in [0.1, 0.15) is 32.4 Å². The number of halogens is 2. The van der Waals surface area contributed by atoms with Crippen molar-refractivity contribution in [1.82, 2.24) is 24.4 Å². The maximum Gasteiger partial charge on any atom is 0.324 e. The zero-order valence-corrected chi connectivity index (χ0v) is 22.0. The van der Waals surface area contributed by atoms with Crippen molar-refractivity contribution >= 4 is 56.7 Å². The van der Waals surface area contributed by atoms with Crippen LogP contribution in [-0.2, 0) is 5.54 Å². The molecule has 2 fully saturated rings. The molecule has 35 heavy (non-hydrogen) atoms. The first-order chi connectivity index (χ1) is 16.5. The van der Waals surface area contributed by atoms with Gasteiger partial charge in [-0.05, 0) is 43.0 Å². The molecule has 1 aliphatic heterocycles. The first-order valence-electron chi connectivity index (χ1n) is 11.7. The lowest BCUT2D eigenvalue weighted by Crippen LogP contribution is -2.54. The zero-order chi connectivity index (χ0) is 25.1. The van der Waals surface area contributed by atoms with E-state index in [9.17, 15) is 4.79 Å². The van der Waals surface area contributed by atoms with Crippen LogP contribution in [0.5, 0.6) is 0 Å². The number of amides is 2. The predicted molar refractivity (Wildman–Crippen MR) is 144 cm³/mol. The average Bonchev–Trinajstić information content (AvgIpc) is 3.32. The van der Waals surface area contributed by atoms with Crippen LogP contribution in [0, 0.1) is 5.92 Å². The summed E-state index contributed by atoms with van der Waals surface area (Å²) in [7, 11) is 6.04. The van der Waals surface area contributed by atoms with Crippen LogP contribution in [0.15, 0.2) is 43.0 Å². The number of benzene rings is 1. The second-order valence-corrected chi connectivity index (χ2v) is 11.2. The predicted octanol–water partition coefficient (Wildman–Crippen LogP) is 2.89. The highest BCUT2D eigenvalue weighted by Crippen LogP contribution is 2.47. The van der Waals surface area contributed by atoms with Gasteiger partial charge in [-0.3, -0.25) is 4.90 Å². The van der Waals surface area contributed by atoms with Crippen molar-refractivity contribution < 1.29 is 4.79 Å². The number of hydrogen-bond acceptors (Lipinski definition) is 5. The van der Waals surface area contributed by atoms with Crippen LogP contribution in [0.25, 0.3) is 5.69 Å². The molecule has 3 heterocycles. The van der Waals surface area contributed by atoms with Gasteiger partial charge in [0.25, 0.3) is 0 Å². The number of carbonyl (C=O) groups excluding carboxylic acids is 1. The van der Waals surface area contributed by atoms with Crippen LogP contribution in [0.3, 0.4) is 0 Å². The number of urea groups is 1. The molecule has 1 aliphatic carbocycles. The average molecular weight is 510 g/mol. The standard InChI is InChI=1S/C23H27B2Cl2N7O/c1-13(2)19-23(24,25)32(3)21(35)34(19)18-4-7-28-20(30-18)31-22(5-6-22)17-11-33(12-29-17)16-9-14(26)8-15(27)10-16/h4,7-13,19H,5-6,24-25H2,1-3H3,(H,28,30,31). The highest BCUT2D eigenvalue weighted by atomic mass is 35.5. The Morgan fingerprint density at radius 2 is 1.83 bits per heavy atom. The van der Waals surface area contributed by atoms with E-state index in [1.54, 1.807) is 34.5 Å². The summed E-state index contributed by atoms with van der Waals surface area (Å²) in [6, 6.07) is 7.11. The Morgan fingerprint density at radius 3 is 2.46 bits per heavy atom. The number of aromatic nitrogens is 4. The molecule has 180 valence electrons. The number of nitrogens with zero attached hydrogens (tertiary/aromatic N) is 6. The molecular formula is C23H27B2Cl2N7O. The molecule has 0 spiro atoms. The van der Waals surface area contributed by atoms with Crippen LogP contribution < -0.4 is 10.2 Å². The van der Waals surface area contributed by atoms with Crippen molar-refractivity contribution in [2.24, 2.45) is 5.92 Å². The molecule has 2 aliphatic rings. The summed E-state index contributed by atoms with van der Waals surface area (Å²) in [5, 5.41) is 4.30. The van der Waals surface area contributed by atoms with Crippen LogP contribution in [-0.4, -0.2) is 64.6 Å². The fourth-order valence-corrected chi connectivity index (χ4v) is 5.64. The van der Waals surface area contributed by atoms with Gasteiger partial charge in [0.2, 0.25) is 5.95 Å². The van der Waals surface area contributed by atoms with E-state index in [0.717, 1.165) is 24.2 Å². The smallest absolute Gasteiger partial charge is 0.324 e. The van der Waals surface area contributed by atoms with Gasteiger partial charge >= 0.3 is 6.03 Å². The molecule has 1 unspecified atom stereocenters. The van der Waals surface area contributed by atoms with E-state index in [-0.39, 0.29) is 28.9 Å². The minimum atomic E-state index is -0.352.